The summed E-state index contributed by atoms with van der Waals surface area (Å²) in [5.41, 5.74) is 2.88. The lowest BCUT2D eigenvalue weighted by Crippen LogP contribution is -2.00. The van der Waals surface area contributed by atoms with Crippen LogP contribution in [-0.4, -0.2) is 23.0 Å². The lowest BCUT2D eigenvalue weighted by Gasteiger charge is -2.01. The average molecular weight is 330 g/mol. The molecule has 25 heavy (non-hydrogen) atoms. The number of hydrogen-bond acceptors (Lipinski definition) is 5. The van der Waals surface area contributed by atoms with E-state index in [1.807, 2.05) is 36.4 Å². The molecule has 2 aromatic heterocycles. The van der Waals surface area contributed by atoms with Crippen molar-refractivity contribution < 1.29 is 13.9 Å². The second kappa shape index (κ2) is 6.20. The fourth-order valence-corrected chi connectivity index (χ4v) is 2.60. The predicted molar refractivity (Wildman–Crippen MR) is 94.0 cm³/mol. The van der Waals surface area contributed by atoms with E-state index in [1.54, 1.807) is 30.5 Å². The van der Waals surface area contributed by atoms with Gasteiger partial charge in [-0.05, 0) is 24.3 Å². The number of esters is 1. The molecule has 0 saturated carbocycles. The number of fused-ring (bicyclic) bond motifs is 1. The number of aromatic nitrogens is 2. The van der Waals surface area contributed by atoms with E-state index in [0.717, 1.165) is 16.5 Å². The molecule has 5 heteroatoms. The molecule has 0 bridgehead atoms. The van der Waals surface area contributed by atoms with Crippen LogP contribution in [0.4, 0.5) is 0 Å². The standard InChI is InChI=1S/C20H14N2O3/c1-24-20(23)15-8-6-14(7-9-15)18-12-21-19(25-18)17-11-10-13-4-2-3-5-16(13)22-17/h2-12H,1H3. The van der Waals surface area contributed by atoms with Crippen LogP contribution in [0.5, 0.6) is 0 Å². The number of methoxy groups -OCH3 is 1. The average Bonchev–Trinajstić information content (AvgIpc) is 3.17. The van der Waals surface area contributed by atoms with Crippen LogP contribution in [0.3, 0.4) is 0 Å². The third-order valence-corrected chi connectivity index (χ3v) is 3.91. The van der Waals surface area contributed by atoms with Gasteiger partial charge in [0.25, 0.3) is 0 Å². The van der Waals surface area contributed by atoms with Gasteiger partial charge in [0.1, 0.15) is 5.69 Å². The monoisotopic (exact) mass is 330 g/mol. The second-order valence-corrected chi connectivity index (χ2v) is 5.49. The zero-order valence-corrected chi connectivity index (χ0v) is 13.5. The van der Waals surface area contributed by atoms with E-state index in [9.17, 15) is 4.79 Å². The largest absolute Gasteiger partial charge is 0.465 e. The minimum Gasteiger partial charge on any atom is -0.465 e. The molecule has 2 heterocycles. The van der Waals surface area contributed by atoms with E-state index >= 15 is 0 Å². The Morgan fingerprint density at radius 1 is 1.00 bits per heavy atom. The molecule has 0 radical (unpaired) electrons. The van der Waals surface area contributed by atoms with Gasteiger partial charge in [-0.3, -0.25) is 0 Å². The van der Waals surface area contributed by atoms with Crippen molar-refractivity contribution in [2.45, 2.75) is 0 Å². The van der Waals surface area contributed by atoms with Crippen molar-refractivity contribution in [3.63, 3.8) is 0 Å². The quantitative estimate of drug-likeness (QED) is 0.523. The molecule has 0 aliphatic heterocycles. The molecule has 4 aromatic rings. The SMILES string of the molecule is COC(=O)c1ccc(-c2cnc(-c3ccc4ccccc4n3)o2)cc1. The molecule has 122 valence electrons. The van der Waals surface area contributed by atoms with E-state index in [-0.39, 0.29) is 5.97 Å². The first-order valence-corrected chi connectivity index (χ1v) is 7.75. The molecule has 2 aromatic carbocycles. The highest BCUT2D eigenvalue weighted by Crippen LogP contribution is 2.26. The molecular formula is C20H14N2O3. The first-order chi connectivity index (χ1) is 12.2. The number of hydrogen-bond donors (Lipinski definition) is 0. The smallest absolute Gasteiger partial charge is 0.337 e. The summed E-state index contributed by atoms with van der Waals surface area (Å²) in [6.45, 7) is 0. The number of rotatable bonds is 3. The summed E-state index contributed by atoms with van der Waals surface area (Å²) in [5, 5.41) is 1.07. The maximum absolute atomic E-state index is 11.5. The van der Waals surface area contributed by atoms with Gasteiger partial charge in [-0.25, -0.2) is 14.8 Å². The van der Waals surface area contributed by atoms with Crippen LogP contribution in [0.2, 0.25) is 0 Å². The Balaban J connectivity index is 1.66. The van der Waals surface area contributed by atoms with Crippen LogP contribution in [-0.2, 0) is 4.74 Å². The van der Waals surface area contributed by atoms with Crippen LogP contribution in [0.25, 0.3) is 33.8 Å². The first-order valence-electron chi connectivity index (χ1n) is 7.75. The highest BCUT2D eigenvalue weighted by molar-refractivity contribution is 5.89. The minimum absolute atomic E-state index is 0.370. The van der Waals surface area contributed by atoms with Gasteiger partial charge in [-0.15, -0.1) is 0 Å². The van der Waals surface area contributed by atoms with Crippen molar-refractivity contribution in [1.82, 2.24) is 9.97 Å². The highest BCUT2D eigenvalue weighted by atomic mass is 16.5. The molecule has 0 aliphatic carbocycles. The molecule has 0 saturated heterocycles. The van der Waals surface area contributed by atoms with Crippen LogP contribution in [0.1, 0.15) is 10.4 Å². The zero-order valence-electron chi connectivity index (χ0n) is 13.5. The van der Waals surface area contributed by atoms with Crippen molar-refractivity contribution in [3.8, 4) is 22.9 Å². The molecule has 0 spiro atoms. The Morgan fingerprint density at radius 2 is 1.80 bits per heavy atom. The van der Waals surface area contributed by atoms with Gasteiger partial charge < -0.3 is 9.15 Å². The van der Waals surface area contributed by atoms with Gasteiger partial charge in [-0.2, -0.15) is 0 Å². The van der Waals surface area contributed by atoms with Gasteiger partial charge >= 0.3 is 5.97 Å². The van der Waals surface area contributed by atoms with Gasteiger partial charge in [0, 0.05) is 10.9 Å². The number of ether oxygens (including phenoxy) is 1. The van der Waals surface area contributed by atoms with E-state index in [4.69, 9.17) is 9.15 Å². The Hall–Kier alpha value is -3.47. The number of benzene rings is 2. The number of carbonyl (C=O) groups excluding carboxylic acids is 1. The number of pyridine rings is 1. The Bertz CT molecular complexity index is 1050. The number of para-hydroxylation sites is 1. The summed E-state index contributed by atoms with van der Waals surface area (Å²) in [7, 11) is 1.36. The molecule has 5 nitrogen and oxygen atoms in total. The summed E-state index contributed by atoms with van der Waals surface area (Å²) in [6, 6.07) is 18.7. The van der Waals surface area contributed by atoms with E-state index in [1.165, 1.54) is 7.11 Å². The van der Waals surface area contributed by atoms with E-state index < -0.39 is 0 Å². The summed E-state index contributed by atoms with van der Waals surface area (Å²) in [6.07, 6.45) is 1.65. The Morgan fingerprint density at radius 3 is 2.60 bits per heavy atom. The molecule has 0 N–H and O–H groups in total. The van der Waals surface area contributed by atoms with Gasteiger partial charge in [0.15, 0.2) is 5.76 Å². The number of carbonyl (C=O) groups is 1. The molecular weight excluding hydrogens is 316 g/mol. The Labute approximate surface area is 143 Å². The molecule has 4 rings (SSSR count). The Kier molecular flexibility index (Phi) is 3.74. The van der Waals surface area contributed by atoms with Crippen LogP contribution >= 0.6 is 0 Å². The maximum atomic E-state index is 11.5. The van der Waals surface area contributed by atoms with Gasteiger partial charge in [-0.1, -0.05) is 36.4 Å². The van der Waals surface area contributed by atoms with Crippen molar-refractivity contribution in [2.75, 3.05) is 7.11 Å². The van der Waals surface area contributed by atoms with E-state index in [0.29, 0.717) is 22.9 Å². The van der Waals surface area contributed by atoms with Crippen LogP contribution in [0.15, 0.2) is 71.3 Å². The predicted octanol–water partition coefficient (Wildman–Crippen LogP) is 4.34. The third kappa shape index (κ3) is 2.87. The summed E-state index contributed by atoms with van der Waals surface area (Å²) in [5.74, 6) is 0.698. The van der Waals surface area contributed by atoms with E-state index in [2.05, 4.69) is 9.97 Å². The number of nitrogens with zero attached hydrogens (tertiary/aromatic N) is 2. The van der Waals surface area contributed by atoms with Gasteiger partial charge in [0.2, 0.25) is 5.89 Å². The lowest BCUT2D eigenvalue weighted by molar-refractivity contribution is 0.0600. The topological polar surface area (TPSA) is 65.2 Å². The second-order valence-electron chi connectivity index (χ2n) is 5.49. The van der Waals surface area contributed by atoms with Crippen molar-refractivity contribution in [2.24, 2.45) is 0 Å². The van der Waals surface area contributed by atoms with Crippen molar-refractivity contribution in [1.29, 1.82) is 0 Å². The molecule has 0 atom stereocenters. The molecule has 0 unspecified atom stereocenters. The minimum atomic E-state index is -0.370. The molecule has 0 fully saturated rings. The highest BCUT2D eigenvalue weighted by Gasteiger charge is 2.11. The molecule has 0 aliphatic rings. The first kappa shape index (κ1) is 15.1. The molecule has 0 amide bonds. The number of oxazole rings is 1. The normalized spacial score (nSPS) is 10.8. The maximum Gasteiger partial charge on any atom is 0.337 e. The van der Waals surface area contributed by atoms with Crippen molar-refractivity contribution in [3.05, 3.63) is 72.4 Å². The third-order valence-electron chi connectivity index (χ3n) is 3.91. The van der Waals surface area contributed by atoms with Crippen molar-refractivity contribution >= 4 is 16.9 Å². The summed E-state index contributed by atoms with van der Waals surface area (Å²) in [4.78, 5) is 20.4. The van der Waals surface area contributed by atoms with Crippen LogP contribution < -0.4 is 0 Å². The fraction of sp³-hybridized carbons (Fsp3) is 0.0500. The summed E-state index contributed by atoms with van der Waals surface area (Å²) < 4.78 is 10.5. The zero-order chi connectivity index (χ0) is 17.2. The fourth-order valence-electron chi connectivity index (χ4n) is 2.60. The summed E-state index contributed by atoms with van der Waals surface area (Å²) >= 11 is 0. The lowest BCUT2D eigenvalue weighted by atomic mass is 10.1. The van der Waals surface area contributed by atoms with Crippen LogP contribution in [0, 0.1) is 0 Å². The van der Waals surface area contributed by atoms with Gasteiger partial charge in [0.05, 0.1) is 24.4 Å².